The number of aryl methyl sites for hydroxylation is 1. The first-order valence-corrected chi connectivity index (χ1v) is 10.1. The topological polar surface area (TPSA) is 65.1 Å². The summed E-state index contributed by atoms with van der Waals surface area (Å²) >= 11 is 0. The number of nitrogens with one attached hydrogen (secondary N) is 2. The molecule has 0 bridgehead atoms. The highest BCUT2D eigenvalue weighted by Gasteiger charge is 2.15. The maximum Gasteiger partial charge on any atom is 0.259 e. The van der Waals surface area contributed by atoms with Gasteiger partial charge in [-0.3, -0.25) is 4.79 Å². The van der Waals surface area contributed by atoms with Crippen LogP contribution in [-0.2, 0) is 0 Å². The third kappa shape index (κ3) is 3.97. The molecule has 5 aromatic rings. The van der Waals surface area contributed by atoms with Crippen LogP contribution in [0.3, 0.4) is 0 Å². The Hall–Kier alpha value is -3.79. The summed E-state index contributed by atoms with van der Waals surface area (Å²) in [6, 6.07) is 23.0. The molecular weight excluding hydrogens is 384 g/mol. The predicted molar refractivity (Wildman–Crippen MR) is 134 cm³/mol. The molecule has 4 heteroatoms. The summed E-state index contributed by atoms with van der Waals surface area (Å²) in [7, 11) is 0. The lowest BCUT2D eigenvalue weighted by atomic mass is 10.0. The SMILES string of the molecule is C.CC.Cc1ccc2[nH]c3c4cc(O)c(C(=O)Nc5ccccc5)cc4ccc3c2c1.[HH]. The first-order chi connectivity index (χ1) is 14.6. The summed E-state index contributed by atoms with van der Waals surface area (Å²) < 4.78 is 0. The largest absolute Gasteiger partial charge is 0.507 e. The van der Waals surface area contributed by atoms with Crippen molar-refractivity contribution in [2.45, 2.75) is 28.2 Å². The van der Waals surface area contributed by atoms with Crippen LogP contribution in [0.2, 0.25) is 0 Å². The molecule has 0 saturated heterocycles. The van der Waals surface area contributed by atoms with Crippen molar-refractivity contribution in [2.24, 2.45) is 0 Å². The van der Waals surface area contributed by atoms with Gasteiger partial charge in [0.2, 0.25) is 0 Å². The molecule has 1 amide bonds. The minimum Gasteiger partial charge on any atom is -0.507 e. The zero-order valence-corrected chi connectivity index (χ0v) is 17.3. The highest BCUT2D eigenvalue weighted by atomic mass is 16.3. The van der Waals surface area contributed by atoms with Crippen LogP contribution in [0.25, 0.3) is 32.6 Å². The van der Waals surface area contributed by atoms with Crippen molar-refractivity contribution in [1.29, 1.82) is 0 Å². The summed E-state index contributed by atoms with van der Waals surface area (Å²) in [6.07, 6.45) is 0. The molecule has 4 aromatic carbocycles. The molecule has 0 aliphatic heterocycles. The fourth-order valence-corrected chi connectivity index (χ4v) is 3.75. The van der Waals surface area contributed by atoms with Gasteiger partial charge in [0.1, 0.15) is 5.75 Å². The van der Waals surface area contributed by atoms with Crippen molar-refractivity contribution in [3.63, 3.8) is 0 Å². The van der Waals surface area contributed by atoms with E-state index in [0.717, 1.165) is 32.6 Å². The normalized spacial score (nSPS) is 10.4. The zero-order chi connectivity index (χ0) is 21.3. The van der Waals surface area contributed by atoms with Gasteiger partial charge in [0.15, 0.2) is 0 Å². The number of para-hydroxylation sites is 1. The number of aromatic hydroxyl groups is 1. The number of fused-ring (bicyclic) bond motifs is 5. The van der Waals surface area contributed by atoms with Gasteiger partial charge in [-0.2, -0.15) is 0 Å². The van der Waals surface area contributed by atoms with E-state index >= 15 is 0 Å². The van der Waals surface area contributed by atoms with Gasteiger partial charge >= 0.3 is 0 Å². The van der Waals surface area contributed by atoms with Crippen molar-refractivity contribution < 1.29 is 11.3 Å². The summed E-state index contributed by atoms with van der Waals surface area (Å²) in [5.41, 5.74) is 4.15. The van der Waals surface area contributed by atoms with E-state index in [1.807, 2.05) is 50.2 Å². The Bertz CT molecular complexity index is 1370. The van der Waals surface area contributed by atoms with Gasteiger partial charge < -0.3 is 15.4 Å². The van der Waals surface area contributed by atoms with Crippen LogP contribution in [0, 0.1) is 6.92 Å². The lowest BCUT2D eigenvalue weighted by Gasteiger charge is -2.09. The lowest BCUT2D eigenvalue weighted by Crippen LogP contribution is -2.12. The Morgan fingerprint density at radius 1 is 0.903 bits per heavy atom. The number of aromatic amines is 1. The molecule has 0 unspecified atom stereocenters. The molecule has 4 nitrogen and oxygen atoms in total. The van der Waals surface area contributed by atoms with E-state index in [0.29, 0.717) is 5.69 Å². The van der Waals surface area contributed by atoms with Gasteiger partial charge in [-0.05, 0) is 48.7 Å². The average Bonchev–Trinajstić information content (AvgIpc) is 3.13. The molecule has 5 rings (SSSR count). The van der Waals surface area contributed by atoms with Crippen molar-refractivity contribution in [2.75, 3.05) is 5.32 Å². The number of anilines is 1. The second kappa shape index (κ2) is 8.92. The third-order valence-electron chi connectivity index (χ3n) is 5.14. The summed E-state index contributed by atoms with van der Waals surface area (Å²) in [6.45, 7) is 6.07. The van der Waals surface area contributed by atoms with Gasteiger partial charge in [-0.25, -0.2) is 0 Å². The fourth-order valence-electron chi connectivity index (χ4n) is 3.75. The van der Waals surface area contributed by atoms with E-state index in [1.165, 1.54) is 5.56 Å². The van der Waals surface area contributed by atoms with Crippen LogP contribution < -0.4 is 5.32 Å². The van der Waals surface area contributed by atoms with Gasteiger partial charge in [0.05, 0.1) is 11.1 Å². The molecule has 0 spiro atoms. The van der Waals surface area contributed by atoms with E-state index in [1.54, 1.807) is 12.1 Å². The number of carbonyl (C=O) groups excluding carboxylic acids is 1. The molecule has 31 heavy (non-hydrogen) atoms. The van der Waals surface area contributed by atoms with Crippen molar-refractivity contribution >= 4 is 44.2 Å². The van der Waals surface area contributed by atoms with Gasteiger partial charge in [0, 0.05) is 28.8 Å². The van der Waals surface area contributed by atoms with Gasteiger partial charge in [-0.1, -0.05) is 63.2 Å². The van der Waals surface area contributed by atoms with E-state index < -0.39 is 0 Å². The highest BCUT2D eigenvalue weighted by Crippen LogP contribution is 2.35. The molecule has 0 aliphatic rings. The Morgan fingerprint density at radius 2 is 1.65 bits per heavy atom. The van der Waals surface area contributed by atoms with Crippen LogP contribution in [0.1, 0.15) is 38.6 Å². The molecule has 1 aromatic heterocycles. The molecule has 3 N–H and O–H groups in total. The maximum atomic E-state index is 12.6. The van der Waals surface area contributed by atoms with Crippen LogP contribution in [0.5, 0.6) is 5.75 Å². The number of amides is 1. The number of hydrogen-bond acceptors (Lipinski definition) is 2. The lowest BCUT2D eigenvalue weighted by molar-refractivity contribution is 0.102. The smallest absolute Gasteiger partial charge is 0.259 e. The summed E-state index contributed by atoms with van der Waals surface area (Å²) in [4.78, 5) is 16.1. The van der Waals surface area contributed by atoms with Crippen LogP contribution in [0.4, 0.5) is 5.69 Å². The van der Waals surface area contributed by atoms with Gasteiger partial charge in [0.25, 0.3) is 5.91 Å². The highest BCUT2D eigenvalue weighted by molar-refractivity contribution is 6.18. The monoisotopic (exact) mass is 414 g/mol. The summed E-state index contributed by atoms with van der Waals surface area (Å²) in [5, 5.41) is 17.4. The van der Waals surface area contributed by atoms with Crippen LogP contribution in [-0.4, -0.2) is 16.0 Å². The molecule has 0 radical (unpaired) electrons. The van der Waals surface area contributed by atoms with Crippen molar-refractivity contribution in [3.05, 3.63) is 83.9 Å². The molecule has 160 valence electrons. The van der Waals surface area contributed by atoms with E-state index in [9.17, 15) is 9.90 Å². The number of phenolic OH excluding ortho intramolecular Hbond substituents is 1. The van der Waals surface area contributed by atoms with Crippen LogP contribution in [0.15, 0.2) is 72.8 Å². The summed E-state index contributed by atoms with van der Waals surface area (Å²) in [5.74, 6) is -0.374. The number of carbonyl (C=O) groups is 1. The Morgan fingerprint density at radius 3 is 2.39 bits per heavy atom. The number of aromatic nitrogens is 1. The molecule has 0 aliphatic carbocycles. The zero-order valence-electron chi connectivity index (χ0n) is 17.3. The number of benzene rings is 4. The third-order valence-corrected chi connectivity index (χ3v) is 5.14. The fraction of sp³-hybridized carbons (Fsp3) is 0.148. The second-order valence-corrected chi connectivity index (χ2v) is 7.07. The van der Waals surface area contributed by atoms with E-state index in [2.05, 4.69) is 41.5 Å². The molecule has 0 atom stereocenters. The van der Waals surface area contributed by atoms with Crippen molar-refractivity contribution in [3.8, 4) is 5.75 Å². The average molecular weight is 415 g/mol. The standard InChI is InChI=1S/C24H18N2O2.C2H6.CH4.H2/c1-14-7-10-21-19(11-14)17-9-8-15-12-20(22(27)13-18(15)23(17)26-21)24(28)25-16-5-3-2-4-6-16;1-2;;/h2-13,26-27H,1H3,(H,25,28);1-2H3;1H4;1H. The molecule has 1 heterocycles. The number of H-pyrrole nitrogens is 1. The van der Waals surface area contributed by atoms with E-state index in [-0.39, 0.29) is 26.1 Å². The number of hydrogen-bond donors (Lipinski definition) is 3. The minimum atomic E-state index is -0.335. The molecule has 0 fully saturated rings. The number of phenols is 1. The Balaban J connectivity index is 0.000000884. The maximum absolute atomic E-state index is 12.6. The Labute approximate surface area is 184 Å². The van der Waals surface area contributed by atoms with E-state index in [4.69, 9.17) is 0 Å². The molecule has 0 saturated carbocycles. The Kier molecular flexibility index (Phi) is 6.30. The minimum absolute atomic E-state index is 0. The number of rotatable bonds is 2. The second-order valence-electron chi connectivity index (χ2n) is 7.07. The van der Waals surface area contributed by atoms with Crippen LogP contribution >= 0.6 is 0 Å². The van der Waals surface area contributed by atoms with Crippen molar-refractivity contribution in [1.82, 2.24) is 4.98 Å². The predicted octanol–water partition coefficient (Wildman–Crippen LogP) is 7.65. The quantitative estimate of drug-likeness (QED) is 0.278. The first-order valence-electron chi connectivity index (χ1n) is 10.1. The van der Waals surface area contributed by atoms with Gasteiger partial charge in [-0.15, -0.1) is 0 Å². The first kappa shape index (κ1) is 21.9. The molecular formula is C27H30N2O2.